The highest BCUT2D eigenvalue weighted by Gasteiger charge is 2.05. The predicted octanol–water partition coefficient (Wildman–Crippen LogP) is 2.20. The van der Waals surface area contributed by atoms with Gasteiger partial charge in [-0.3, -0.25) is 9.78 Å². The van der Waals surface area contributed by atoms with Crippen LogP contribution < -0.4 is 5.32 Å². The number of thiazole rings is 1. The monoisotopic (exact) mass is 289 g/mol. The maximum absolute atomic E-state index is 11.7. The summed E-state index contributed by atoms with van der Waals surface area (Å²) < 4.78 is 0. The minimum atomic E-state index is -1.10. The molecular weight excluding hydrogens is 278 g/mol. The maximum atomic E-state index is 11.7. The van der Waals surface area contributed by atoms with E-state index in [2.05, 4.69) is 15.3 Å². The van der Waals surface area contributed by atoms with Gasteiger partial charge < -0.3 is 10.4 Å². The lowest BCUT2D eigenvalue weighted by molar-refractivity contribution is -0.111. The van der Waals surface area contributed by atoms with E-state index in [9.17, 15) is 9.59 Å². The lowest BCUT2D eigenvalue weighted by Crippen LogP contribution is -2.09. The molecule has 0 aromatic carbocycles. The number of anilines is 1. The molecule has 0 radical (unpaired) electrons. The molecule has 2 aromatic heterocycles. The number of rotatable bonds is 4. The van der Waals surface area contributed by atoms with Crippen molar-refractivity contribution in [2.45, 2.75) is 6.92 Å². The molecule has 2 rings (SSSR count). The molecule has 0 aliphatic rings. The van der Waals surface area contributed by atoms with Crippen LogP contribution in [0.15, 0.2) is 29.9 Å². The van der Waals surface area contributed by atoms with E-state index in [1.54, 1.807) is 6.08 Å². The fourth-order valence-corrected chi connectivity index (χ4v) is 2.01. The molecule has 7 heteroatoms. The minimum absolute atomic E-state index is 0.0157. The molecule has 0 aliphatic heterocycles. The minimum Gasteiger partial charge on any atom is -0.478 e. The number of carboxylic acids is 1. The van der Waals surface area contributed by atoms with Crippen LogP contribution >= 0.6 is 11.3 Å². The van der Waals surface area contributed by atoms with Crippen LogP contribution in [0.1, 0.15) is 21.1 Å². The van der Waals surface area contributed by atoms with Gasteiger partial charge in [-0.1, -0.05) is 0 Å². The summed E-state index contributed by atoms with van der Waals surface area (Å²) in [6, 6.07) is 1.34. The molecular formula is C13H11N3O3S. The number of nitrogens with zero attached hydrogens (tertiary/aromatic N) is 2. The number of nitrogens with one attached hydrogen (secondary N) is 1. The van der Waals surface area contributed by atoms with Gasteiger partial charge in [0, 0.05) is 17.7 Å². The SMILES string of the molecule is Cc1nc(C=CC(=O)Nc2cncc(C(=O)O)c2)cs1. The lowest BCUT2D eigenvalue weighted by atomic mass is 10.2. The molecule has 0 aliphatic carbocycles. The first kappa shape index (κ1) is 13.9. The summed E-state index contributed by atoms with van der Waals surface area (Å²) in [6.07, 6.45) is 5.52. The van der Waals surface area contributed by atoms with Crippen molar-refractivity contribution in [2.24, 2.45) is 0 Å². The maximum Gasteiger partial charge on any atom is 0.337 e. The van der Waals surface area contributed by atoms with E-state index in [0.717, 1.165) is 5.01 Å². The van der Waals surface area contributed by atoms with Gasteiger partial charge in [-0.25, -0.2) is 9.78 Å². The van der Waals surface area contributed by atoms with Crippen LogP contribution in [0.4, 0.5) is 5.69 Å². The Labute approximate surface area is 118 Å². The Morgan fingerprint density at radius 1 is 1.40 bits per heavy atom. The largest absolute Gasteiger partial charge is 0.478 e. The molecule has 1 amide bonds. The van der Waals surface area contributed by atoms with Crippen molar-refractivity contribution < 1.29 is 14.7 Å². The van der Waals surface area contributed by atoms with Crippen LogP contribution in [0, 0.1) is 6.92 Å². The Hall–Kier alpha value is -2.54. The molecule has 0 bridgehead atoms. The van der Waals surface area contributed by atoms with Gasteiger partial charge in [0.2, 0.25) is 5.91 Å². The highest BCUT2D eigenvalue weighted by Crippen LogP contribution is 2.11. The van der Waals surface area contributed by atoms with Crippen molar-refractivity contribution in [3.05, 3.63) is 46.2 Å². The molecule has 20 heavy (non-hydrogen) atoms. The number of hydrogen-bond acceptors (Lipinski definition) is 5. The van der Waals surface area contributed by atoms with Gasteiger partial charge >= 0.3 is 5.97 Å². The number of pyridine rings is 1. The average molecular weight is 289 g/mol. The summed E-state index contributed by atoms with van der Waals surface area (Å²) in [6.45, 7) is 1.88. The van der Waals surface area contributed by atoms with Crippen LogP contribution in [0.2, 0.25) is 0 Å². The fraction of sp³-hybridized carbons (Fsp3) is 0.0769. The van der Waals surface area contributed by atoms with Gasteiger partial charge in [0.25, 0.3) is 0 Å². The van der Waals surface area contributed by atoms with E-state index >= 15 is 0 Å². The Kier molecular flexibility index (Phi) is 4.21. The second-order valence-electron chi connectivity index (χ2n) is 3.88. The third-order valence-electron chi connectivity index (χ3n) is 2.29. The zero-order chi connectivity index (χ0) is 14.5. The summed E-state index contributed by atoms with van der Waals surface area (Å²) in [7, 11) is 0. The fourth-order valence-electron chi connectivity index (χ4n) is 1.43. The van der Waals surface area contributed by atoms with E-state index < -0.39 is 5.97 Å². The number of carboxylic acid groups (broad SMARTS) is 1. The molecule has 0 unspecified atom stereocenters. The van der Waals surface area contributed by atoms with Gasteiger partial charge in [0.05, 0.1) is 28.1 Å². The van der Waals surface area contributed by atoms with Gasteiger partial charge in [-0.2, -0.15) is 0 Å². The molecule has 102 valence electrons. The molecule has 2 aromatic rings. The van der Waals surface area contributed by atoms with Crippen LogP contribution in [0.25, 0.3) is 6.08 Å². The van der Waals surface area contributed by atoms with Crippen molar-refractivity contribution >= 4 is 35.0 Å². The summed E-state index contributed by atoms with van der Waals surface area (Å²) >= 11 is 1.50. The summed E-state index contributed by atoms with van der Waals surface area (Å²) in [5.74, 6) is -1.47. The van der Waals surface area contributed by atoms with Gasteiger partial charge in [0.15, 0.2) is 0 Å². The Bertz CT molecular complexity index is 679. The Balaban J connectivity index is 2.02. The molecule has 0 fully saturated rings. The topological polar surface area (TPSA) is 92.2 Å². The number of carbonyl (C=O) groups is 2. The third-order valence-corrected chi connectivity index (χ3v) is 3.09. The van der Waals surface area contributed by atoms with Gasteiger partial charge in [0.1, 0.15) is 0 Å². The van der Waals surface area contributed by atoms with E-state index in [-0.39, 0.29) is 11.5 Å². The molecule has 0 saturated carbocycles. The predicted molar refractivity (Wildman–Crippen MR) is 75.7 cm³/mol. The van der Waals surface area contributed by atoms with E-state index in [4.69, 9.17) is 5.11 Å². The average Bonchev–Trinajstić information content (AvgIpc) is 2.82. The quantitative estimate of drug-likeness (QED) is 0.842. The summed E-state index contributed by atoms with van der Waals surface area (Å²) in [5, 5.41) is 14.1. The zero-order valence-electron chi connectivity index (χ0n) is 10.5. The van der Waals surface area contributed by atoms with Crippen molar-refractivity contribution in [3.63, 3.8) is 0 Å². The van der Waals surface area contributed by atoms with Crippen LogP contribution in [-0.2, 0) is 4.79 Å². The van der Waals surface area contributed by atoms with Crippen molar-refractivity contribution in [3.8, 4) is 0 Å². The number of aromatic carboxylic acids is 1. The molecule has 6 nitrogen and oxygen atoms in total. The van der Waals surface area contributed by atoms with Crippen molar-refractivity contribution in [1.29, 1.82) is 0 Å². The van der Waals surface area contributed by atoms with Gasteiger partial charge in [-0.05, 0) is 19.1 Å². The second kappa shape index (κ2) is 6.07. The van der Waals surface area contributed by atoms with Gasteiger partial charge in [-0.15, -0.1) is 11.3 Å². The lowest BCUT2D eigenvalue weighted by Gasteiger charge is -2.02. The van der Waals surface area contributed by atoms with Crippen LogP contribution in [-0.4, -0.2) is 27.0 Å². The highest BCUT2D eigenvalue weighted by atomic mass is 32.1. The highest BCUT2D eigenvalue weighted by molar-refractivity contribution is 7.09. The zero-order valence-corrected chi connectivity index (χ0v) is 11.3. The number of hydrogen-bond donors (Lipinski definition) is 2. The standard InChI is InChI=1S/C13H11N3O3S/c1-8-15-10(7-20-8)2-3-12(17)16-11-4-9(13(18)19)5-14-6-11/h2-7H,1H3,(H,16,17)(H,18,19). The Morgan fingerprint density at radius 3 is 2.85 bits per heavy atom. The number of carbonyl (C=O) groups excluding carboxylic acids is 1. The molecule has 0 spiro atoms. The van der Waals surface area contributed by atoms with Crippen molar-refractivity contribution in [1.82, 2.24) is 9.97 Å². The molecule has 2 heterocycles. The third kappa shape index (κ3) is 3.72. The molecule has 2 N–H and O–H groups in total. The van der Waals surface area contributed by atoms with E-state index in [1.165, 1.54) is 35.9 Å². The van der Waals surface area contributed by atoms with Crippen LogP contribution in [0.5, 0.6) is 0 Å². The summed E-state index contributed by atoms with van der Waals surface area (Å²) in [4.78, 5) is 30.4. The van der Waals surface area contributed by atoms with E-state index in [0.29, 0.717) is 11.4 Å². The number of aryl methyl sites for hydroxylation is 1. The first-order valence-corrected chi connectivity index (χ1v) is 6.52. The van der Waals surface area contributed by atoms with E-state index in [1.807, 2.05) is 12.3 Å². The summed E-state index contributed by atoms with van der Waals surface area (Å²) in [5.41, 5.74) is 1.05. The second-order valence-corrected chi connectivity index (χ2v) is 4.94. The first-order valence-electron chi connectivity index (χ1n) is 5.64. The smallest absolute Gasteiger partial charge is 0.337 e. The van der Waals surface area contributed by atoms with Crippen molar-refractivity contribution in [2.75, 3.05) is 5.32 Å². The number of aromatic nitrogens is 2. The molecule has 0 atom stereocenters. The van der Waals surface area contributed by atoms with Crippen LogP contribution in [0.3, 0.4) is 0 Å². The number of amides is 1. The first-order chi connectivity index (χ1) is 9.54. The Morgan fingerprint density at radius 2 is 2.20 bits per heavy atom. The molecule has 0 saturated heterocycles. The normalized spacial score (nSPS) is 10.7.